The first-order chi connectivity index (χ1) is 9.35. The molecule has 1 aliphatic rings. The lowest BCUT2D eigenvalue weighted by molar-refractivity contribution is -0.130. The molecule has 20 heavy (non-hydrogen) atoms. The van der Waals surface area contributed by atoms with Crippen LogP contribution in [0.15, 0.2) is 33.7 Å². The summed E-state index contributed by atoms with van der Waals surface area (Å²) >= 11 is 3.32. The number of nitrogens with one attached hydrogen (secondary N) is 1. The van der Waals surface area contributed by atoms with Crippen LogP contribution in [-0.2, 0) is 9.59 Å². The Balaban J connectivity index is 2.37. The van der Waals surface area contributed by atoms with Crippen molar-refractivity contribution in [1.82, 2.24) is 5.32 Å². The lowest BCUT2D eigenvalue weighted by Gasteiger charge is -2.29. The Morgan fingerprint density at radius 3 is 2.70 bits per heavy atom. The van der Waals surface area contributed by atoms with Crippen molar-refractivity contribution in [3.63, 3.8) is 0 Å². The second kappa shape index (κ2) is 5.46. The van der Waals surface area contributed by atoms with Crippen molar-refractivity contribution < 1.29 is 9.59 Å². The molecule has 1 aromatic rings. The molecule has 0 radical (unpaired) electrons. The van der Waals surface area contributed by atoms with Crippen molar-refractivity contribution in [3.8, 4) is 0 Å². The monoisotopic (exact) mass is 337 g/mol. The summed E-state index contributed by atoms with van der Waals surface area (Å²) in [6.45, 7) is 3.61. The van der Waals surface area contributed by atoms with E-state index in [0.717, 1.165) is 4.47 Å². The van der Waals surface area contributed by atoms with Crippen LogP contribution >= 0.6 is 15.9 Å². The highest BCUT2D eigenvalue weighted by molar-refractivity contribution is 9.10. The van der Waals surface area contributed by atoms with Gasteiger partial charge in [0, 0.05) is 4.47 Å². The van der Waals surface area contributed by atoms with E-state index < -0.39 is 17.4 Å². The van der Waals surface area contributed by atoms with Crippen molar-refractivity contribution in [1.29, 1.82) is 0 Å². The number of nitrogens with zero attached hydrogens (tertiary/aromatic N) is 1. The molecule has 2 unspecified atom stereocenters. The standard InChI is InChI=1S/C14H16BrN3O2/c1-3-14(2,16)13-17-11(19)10(12(20)18-13)8-5-4-6-9(15)7-8/h4-7,10H,3,16H2,1-2H3,(H,17,18,19,20). The van der Waals surface area contributed by atoms with Crippen LogP contribution < -0.4 is 11.1 Å². The molecule has 1 heterocycles. The summed E-state index contributed by atoms with van der Waals surface area (Å²) in [6, 6.07) is 7.08. The van der Waals surface area contributed by atoms with Crippen LogP contribution in [0.1, 0.15) is 31.7 Å². The number of carbonyl (C=O) groups excluding carboxylic acids is 2. The molecular formula is C14H16BrN3O2. The second-order valence-corrected chi connectivity index (χ2v) is 5.96. The second-order valence-electron chi connectivity index (χ2n) is 5.05. The van der Waals surface area contributed by atoms with Gasteiger partial charge in [0.25, 0.3) is 5.91 Å². The first kappa shape index (κ1) is 14.9. The quantitative estimate of drug-likeness (QED) is 0.823. The van der Waals surface area contributed by atoms with E-state index in [1.54, 1.807) is 25.1 Å². The molecule has 0 saturated heterocycles. The van der Waals surface area contributed by atoms with Gasteiger partial charge in [0.15, 0.2) is 0 Å². The van der Waals surface area contributed by atoms with E-state index >= 15 is 0 Å². The normalized spacial score (nSPS) is 22.0. The highest BCUT2D eigenvalue weighted by atomic mass is 79.9. The van der Waals surface area contributed by atoms with E-state index in [-0.39, 0.29) is 11.7 Å². The Kier molecular flexibility index (Phi) is 4.06. The van der Waals surface area contributed by atoms with Gasteiger partial charge in [-0.15, -0.1) is 0 Å². The van der Waals surface area contributed by atoms with Crippen molar-refractivity contribution in [2.24, 2.45) is 10.7 Å². The largest absolute Gasteiger partial charge is 0.319 e. The summed E-state index contributed by atoms with van der Waals surface area (Å²) in [5.74, 6) is -1.54. The number of nitrogens with two attached hydrogens (primary N) is 1. The van der Waals surface area contributed by atoms with Crippen LogP contribution in [0.5, 0.6) is 0 Å². The van der Waals surface area contributed by atoms with E-state index in [4.69, 9.17) is 5.73 Å². The van der Waals surface area contributed by atoms with Crippen LogP contribution in [-0.4, -0.2) is 23.2 Å². The zero-order chi connectivity index (χ0) is 14.9. The van der Waals surface area contributed by atoms with Gasteiger partial charge in [-0.2, -0.15) is 4.99 Å². The van der Waals surface area contributed by atoms with E-state index in [9.17, 15) is 9.59 Å². The summed E-state index contributed by atoms with van der Waals surface area (Å²) in [7, 11) is 0. The minimum Gasteiger partial charge on any atom is -0.319 e. The number of hydrogen-bond acceptors (Lipinski definition) is 3. The molecule has 0 aliphatic carbocycles. The lowest BCUT2D eigenvalue weighted by atomic mass is 9.92. The molecule has 2 atom stereocenters. The fourth-order valence-electron chi connectivity index (χ4n) is 1.92. The highest BCUT2D eigenvalue weighted by Crippen LogP contribution is 2.24. The van der Waals surface area contributed by atoms with Crippen molar-refractivity contribution in [2.45, 2.75) is 31.7 Å². The highest BCUT2D eigenvalue weighted by Gasteiger charge is 2.37. The third-order valence-corrected chi connectivity index (χ3v) is 3.92. The van der Waals surface area contributed by atoms with Crippen LogP contribution in [0, 0.1) is 0 Å². The van der Waals surface area contributed by atoms with E-state index in [0.29, 0.717) is 12.0 Å². The van der Waals surface area contributed by atoms with E-state index in [1.807, 2.05) is 13.0 Å². The van der Waals surface area contributed by atoms with Gasteiger partial charge in [-0.1, -0.05) is 35.0 Å². The maximum Gasteiger partial charge on any atom is 0.264 e. The van der Waals surface area contributed by atoms with Crippen molar-refractivity contribution >= 4 is 33.6 Å². The van der Waals surface area contributed by atoms with Crippen molar-refractivity contribution in [2.75, 3.05) is 0 Å². The first-order valence-electron chi connectivity index (χ1n) is 6.33. The zero-order valence-corrected chi connectivity index (χ0v) is 12.9. The maximum atomic E-state index is 12.2. The van der Waals surface area contributed by atoms with Crippen LogP contribution in [0.2, 0.25) is 0 Å². The molecule has 0 bridgehead atoms. The molecule has 0 aromatic heterocycles. The van der Waals surface area contributed by atoms with Gasteiger partial charge in [-0.05, 0) is 31.0 Å². The number of benzene rings is 1. The molecule has 5 nitrogen and oxygen atoms in total. The Morgan fingerprint density at radius 1 is 1.45 bits per heavy atom. The number of amidine groups is 1. The smallest absolute Gasteiger partial charge is 0.264 e. The van der Waals surface area contributed by atoms with Gasteiger partial charge in [0.1, 0.15) is 11.8 Å². The molecule has 6 heteroatoms. The van der Waals surface area contributed by atoms with Crippen LogP contribution in [0.25, 0.3) is 0 Å². The summed E-state index contributed by atoms with van der Waals surface area (Å²) in [6.07, 6.45) is 0.570. The Labute approximate surface area is 125 Å². The molecule has 1 aromatic carbocycles. The molecular weight excluding hydrogens is 322 g/mol. The fourth-order valence-corrected chi connectivity index (χ4v) is 2.34. The van der Waals surface area contributed by atoms with Gasteiger partial charge in [0.05, 0.1) is 5.54 Å². The zero-order valence-electron chi connectivity index (χ0n) is 11.3. The fraction of sp³-hybridized carbons (Fsp3) is 0.357. The average Bonchev–Trinajstić information content (AvgIpc) is 2.38. The number of hydrogen-bond donors (Lipinski definition) is 2. The first-order valence-corrected chi connectivity index (χ1v) is 7.12. The summed E-state index contributed by atoms with van der Waals surface area (Å²) < 4.78 is 0.808. The SMILES string of the molecule is CCC(C)(N)C1=NC(=O)C(c2cccc(Br)c2)C(=O)N1. The Hall–Kier alpha value is -1.53. The third kappa shape index (κ3) is 2.81. The van der Waals surface area contributed by atoms with Gasteiger partial charge >= 0.3 is 0 Å². The molecule has 0 spiro atoms. The molecule has 0 fully saturated rings. The number of halogens is 1. The number of carbonyl (C=O) groups is 2. The molecule has 0 saturated carbocycles. The Bertz CT molecular complexity index is 596. The summed E-state index contributed by atoms with van der Waals surface area (Å²) in [5, 5.41) is 2.66. The summed E-state index contributed by atoms with van der Waals surface area (Å²) in [5.41, 5.74) is 5.82. The topological polar surface area (TPSA) is 84.5 Å². The molecule has 2 amide bonds. The van der Waals surface area contributed by atoms with Gasteiger partial charge in [0.2, 0.25) is 5.91 Å². The predicted octanol–water partition coefficient (Wildman–Crippen LogP) is 1.71. The number of amides is 2. The third-order valence-electron chi connectivity index (χ3n) is 3.43. The number of rotatable bonds is 3. The number of aliphatic imine (C=N–C) groups is 1. The maximum absolute atomic E-state index is 12.2. The molecule has 3 N–H and O–H groups in total. The lowest BCUT2D eigenvalue weighted by Crippen LogP contribution is -2.56. The van der Waals surface area contributed by atoms with Crippen LogP contribution in [0.4, 0.5) is 0 Å². The van der Waals surface area contributed by atoms with Crippen LogP contribution in [0.3, 0.4) is 0 Å². The van der Waals surface area contributed by atoms with Gasteiger partial charge in [-0.3, -0.25) is 9.59 Å². The van der Waals surface area contributed by atoms with E-state index in [1.165, 1.54) is 0 Å². The van der Waals surface area contributed by atoms with Gasteiger partial charge in [-0.25, -0.2) is 0 Å². The molecule has 2 rings (SSSR count). The van der Waals surface area contributed by atoms with Gasteiger partial charge < -0.3 is 11.1 Å². The average molecular weight is 338 g/mol. The predicted molar refractivity (Wildman–Crippen MR) is 80.4 cm³/mol. The minimum atomic E-state index is -0.913. The minimum absolute atomic E-state index is 0.237. The molecule has 106 valence electrons. The summed E-state index contributed by atoms with van der Waals surface area (Å²) in [4.78, 5) is 28.3. The van der Waals surface area contributed by atoms with E-state index in [2.05, 4.69) is 26.2 Å². The molecule has 1 aliphatic heterocycles. The Morgan fingerprint density at radius 2 is 2.15 bits per heavy atom. The van der Waals surface area contributed by atoms with Crippen molar-refractivity contribution in [3.05, 3.63) is 34.3 Å².